The monoisotopic (exact) mass is 548 g/mol. The molecule has 7 nitrogen and oxygen atoms in total. The number of carbonyl (C=O) groups excluding carboxylic acids is 1. The molecule has 3 aromatic rings. The standard InChI is InChI=1S/C26H24F4N4O3S/c1-15(2)34-13-21(24(35)23(16(34)3)17-6-5-7-19(10-17)26(28,29)30)25(36)32-12-18-8-9-20(11-22(18)27)38(4,37)33-14-31/h5-11,13,15H,12H2,1-4H3,(H,32,36). The minimum Gasteiger partial charge on any atom is -0.348 e. The normalized spacial score (nSPS) is 13.1. The third-order valence-electron chi connectivity index (χ3n) is 5.88. The topological polar surface area (TPSA) is 104 Å². The molecule has 1 atom stereocenters. The van der Waals surface area contributed by atoms with Gasteiger partial charge in [0.25, 0.3) is 5.91 Å². The van der Waals surface area contributed by atoms with Crippen LogP contribution in [0.15, 0.2) is 62.7 Å². The molecular formula is C26H24F4N4O3S. The first-order valence-electron chi connectivity index (χ1n) is 11.3. The zero-order valence-electron chi connectivity index (χ0n) is 20.9. The summed E-state index contributed by atoms with van der Waals surface area (Å²) in [5.41, 5.74) is -1.66. The molecule has 0 bridgehead atoms. The summed E-state index contributed by atoms with van der Waals surface area (Å²) in [7, 11) is -3.12. The number of rotatable bonds is 6. The Bertz CT molecular complexity index is 1630. The minimum atomic E-state index is -4.62. The molecule has 1 heterocycles. The molecule has 1 amide bonds. The smallest absolute Gasteiger partial charge is 0.348 e. The number of pyridine rings is 1. The van der Waals surface area contributed by atoms with E-state index in [0.717, 1.165) is 18.2 Å². The maximum Gasteiger partial charge on any atom is 0.416 e. The molecule has 12 heteroatoms. The van der Waals surface area contributed by atoms with Crippen LogP contribution in [-0.4, -0.2) is 20.9 Å². The van der Waals surface area contributed by atoms with Crippen LogP contribution in [0.4, 0.5) is 17.6 Å². The molecule has 3 rings (SSSR count). The van der Waals surface area contributed by atoms with Crippen LogP contribution in [0.3, 0.4) is 0 Å². The Labute approximate surface area is 216 Å². The summed E-state index contributed by atoms with van der Waals surface area (Å²) >= 11 is 0. The lowest BCUT2D eigenvalue weighted by Gasteiger charge is -2.20. The highest BCUT2D eigenvalue weighted by Gasteiger charge is 2.31. The predicted molar refractivity (Wildman–Crippen MR) is 134 cm³/mol. The fourth-order valence-electron chi connectivity index (χ4n) is 3.92. The maximum absolute atomic E-state index is 14.6. The molecule has 200 valence electrons. The Balaban J connectivity index is 2.01. The molecule has 0 aliphatic rings. The molecule has 0 aliphatic carbocycles. The van der Waals surface area contributed by atoms with Crippen molar-refractivity contribution in [2.45, 2.75) is 44.4 Å². The van der Waals surface area contributed by atoms with Gasteiger partial charge in [-0.05, 0) is 50.6 Å². The van der Waals surface area contributed by atoms with E-state index in [1.54, 1.807) is 25.3 Å². The SMILES string of the molecule is Cc1c(-c2cccc(C(F)(F)F)c2)c(=O)c(C(=O)NCc2ccc(S(C)(=O)=NC#N)cc2F)cn1C(C)C. The molecule has 1 aromatic heterocycles. The summed E-state index contributed by atoms with van der Waals surface area (Å²) < 4.78 is 71.8. The Kier molecular flexibility index (Phi) is 8.12. The first-order chi connectivity index (χ1) is 17.7. The van der Waals surface area contributed by atoms with E-state index in [9.17, 15) is 31.4 Å². The van der Waals surface area contributed by atoms with E-state index in [1.165, 1.54) is 42.9 Å². The largest absolute Gasteiger partial charge is 0.416 e. The summed E-state index contributed by atoms with van der Waals surface area (Å²) in [4.78, 5) is 26.4. The number of amides is 1. The zero-order chi connectivity index (χ0) is 28.4. The van der Waals surface area contributed by atoms with Crippen molar-refractivity contribution in [3.63, 3.8) is 0 Å². The number of hydrogen-bond donors (Lipinski definition) is 1. The van der Waals surface area contributed by atoms with Gasteiger partial charge in [0.15, 0.2) is 0 Å². The van der Waals surface area contributed by atoms with Crippen molar-refractivity contribution in [2.24, 2.45) is 4.36 Å². The lowest BCUT2D eigenvalue weighted by Crippen LogP contribution is -2.31. The van der Waals surface area contributed by atoms with Crippen LogP contribution in [0.25, 0.3) is 11.1 Å². The van der Waals surface area contributed by atoms with Crippen molar-refractivity contribution >= 4 is 15.6 Å². The average Bonchev–Trinajstić information content (AvgIpc) is 2.82. The van der Waals surface area contributed by atoms with Crippen LogP contribution >= 0.6 is 0 Å². The molecule has 0 radical (unpaired) electrons. The second-order valence-electron chi connectivity index (χ2n) is 8.84. The fourth-order valence-corrected chi connectivity index (χ4v) is 4.82. The second kappa shape index (κ2) is 10.8. The van der Waals surface area contributed by atoms with E-state index >= 15 is 0 Å². The van der Waals surface area contributed by atoms with Crippen molar-refractivity contribution < 1.29 is 26.6 Å². The van der Waals surface area contributed by atoms with Crippen LogP contribution < -0.4 is 10.7 Å². The fraction of sp³-hybridized carbons (Fsp3) is 0.269. The van der Waals surface area contributed by atoms with Crippen LogP contribution in [0.2, 0.25) is 0 Å². The molecule has 2 aromatic carbocycles. The number of nitrogens with zero attached hydrogens (tertiary/aromatic N) is 3. The number of hydrogen-bond acceptors (Lipinski definition) is 5. The Morgan fingerprint density at radius 2 is 1.89 bits per heavy atom. The van der Waals surface area contributed by atoms with Crippen molar-refractivity contribution in [1.82, 2.24) is 9.88 Å². The lowest BCUT2D eigenvalue weighted by atomic mass is 9.98. The molecule has 0 saturated heterocycles. The van der Waals surface area contributed by atoms with Crippen molar-refractivity contribution in [3.8, 4) is 17.3 Å². The van der Waals surface area contributed by atoms with E-state index in [1.807, 2.05) is 0 Å². The molecule has 0 saturated carbocycles. The molecule has 1 unspecified atom stereocenters. The summed E-state index contributed by atoms with van der Waals surface area (Å²) in [6.07, 6.45) is -0.682. The van der Waals surface area contributed by atoms with Gasteiger partial charge >= 0.3 is 6.18 Å². The van der Waals surface area contributed by atoms with Gasteiger partial charge in [-0.2, -0.15) is 18.4 Å². The predicted octanol–water partition coefficient (Wildman–Crippen LogP) is 5.43. The van der Waals surface area contributed by atoms with Crippen LogP contribution in [0.1, 0.15) is 47.1 Å². The first kappa shape index (κ1) is 28.6. The number of alkyl halides is 3. The molecule has 0 fully saturated rings. The summed E-state index contributed by atoms with van der Waals surface area (Å²) in [5.74, 6) is -1.65. The van der Waals surface area contributed by atoms with E-state index in [-0.39, 0.29) is 39.7 Å². The van der Waals surface area contributed by atoms with Gasteiger partial charge in [-0.15, -0.1) is 4.36 Å². The van der Waals surface area contributed by atoms with Gasteiger partial charge in [0.1, 0.15) is 11.4 Å². The first-order valence-corrected chi connectivity index (χ1v) is 13.2. The minimum absolute atomic E-state index is 0.00397. The molecular weight excluding hydrogens is 524 g/mol. The highest BCUT2D eigenvalue weighted by Crippen LogP contribution is 2.32. The molecule has 0 spiro atoms. The Hall–Kier alpha value is -3.98. The van der Waals surface area contributed by atoms with E-state index in [2.05, 4.69) is 9.68 Å². The molecule has 1 N–H and O–H groups in total. The van der Waals surface area contributed by atoms with Crippen molar-refractivity contribution in [3.05, 3.63) is 87.1 Å². The summed E-state index contributed by atoms with van der Waals surface area (Å²) in [6.45, 7) is 4.83. The highest BCUT2D eigenvalue weighted by atomic mass is 32.2. The number of nitriles is 1. The number of carbonyl (C=O) groups is 1. The second-order valence-corrected chi connectivity index (χ2v) is 11.1. The number of nitrogens with one attached hydrogen (secondary N) is 1. The van der Waals surface area contributed by atoms with Gasteiger partial charge in [0.05, 0.1) is 20.2 Å². The van der Waals surface area contributed by atoms with E-state index < -0.39 is 38.6 Å². The van der Waals surface area contributed by atoms with Gasteiger partial charge in [0, 0.05) is 41.9 Å². The van der Waals surface area contributed by atoms with Gasteiger partial charge in [-0.1, -0.05) is 18.2 Å². The van der Waals surface area contributed by atoms with Crippen molar-refractivity contribution in [1.29, 1.82) is 5.26 Å². The van der Waals surface area contributed by atoms with E-state index in [0.29, 0.717) is 5.69 Å². The van der Waals surface area contributed by atoms with Crippen molar-refractivity contribution in [2.75, 3.05) is 6.26 Å². The maximum atomic E-state index is 14.6. The quantitative estimate of drug-likeness (QED) is 0.328. The van der Waals surface area contributed by atoms with Gasteiger partial charge in [-0.25, -0.2) is 8.60 Å². The highest BCUT2D eigenvalue weighted by molar-refractivity contribution is 7.93. The summed E-state index contributed by atoms with van der Waals surface area (Å²) in [6, 6.07) is 7.61. The van der Waals surface area contributed by atoms with Gasteiger partial charge in [-0.3, -0.25) is 9.59 Å². The van der Waals surface area contributed by atoms with Gasteiger partial charge in [0.2, 0.25) is 11.6 Å². The van der Waals surface area contributed by atoms with Gasteiger partial charge < -0.3 is 9.88 Å². The van der Waals surface area contributed by atoms with Crippen LogP contribution in [0.5, 0.6) is 0 Å². The average molecular weight is 549 g/mol. The van der Waals surface area contributed by atoms with Crippen LogP contribution in [0, 0.1) is 24.2 Å². The number of benzene rings is 2. The number of aromatic nitrogens is 1. The van der Waals surface area contributed by atoms with Crippen LogP contribution in [-0.2, 0) is 22.5 Å². The Morgan fingerprint density at radius 1 is 1.21 bits per heavy atom. The zero-order valence-corrected chi connectivity index (χ0v) is 21.7. The summed E-state index contributed by atoms with van der Waals surface area (Å²) in [5, 5.41) is 11.1. The van der Waals surface area contributed by atoms with E-state index in [4.69, 9.17) is 5.26 Å². The third-order valence-corrected chi connectivity index (χ3v) is 7.44. The Morgan fingerprint density at radius 3 is 2.47 bits per heavy atom. The molecule has 0 aliphatic heterocycles. The lowest BCUT2D eigenvalue weighted by molar-refractivity contribution is -0.137. The number of halogens is 4. The molecule has 38 heavy (non-hydrogen) atoms. The third kappa shape index (κ3) is 5.94.